The molecule has 0 aromatic carbocycles. The molecule has 0 saturated heterocycles. The number of nitrogens with zero attached hydrogens (tertiary/aromatic N) is 1. The highest BCUT2D eigenvalue weighted by molar-refractivity contribution is 6.21. The summed E-state index contributed by atoms with van der Waals surface area (Å²) in [5.74, 6) is -1.69. The molecule has 1 aromatic heterocycles. The van der Waals surface area contributed by atoms with Crippen LogP contribution in [0.1, 0.15) is 19.3 Å². The molecule has 0 N–H and O–H groups in total. The quantitative estimate of drug-likeness (QED) is 0.507. The summed E-state index contributed by atoms with van der Waals surface area (Å²) < 4.78 is 1.27. The van der Waals surface area contributed by atoms with Gasteiger partial charge < -0.3 is 9.90 Å². The number of hydrogen-bond acceptors (Lipinski definition) is 4. The Balaban J connectivity index is 2.28. The van der Waals surface area contributed by atoms with Gasteiger partial charge in [-0.25, -0.2) is 4.79 Å². The Bertz CT molecular complexity index is 382. The lowest BCUT2D eigenvalue weighted by Gasteiger charge is -2.07. The third-order valence-corrected chi connectivity index (χ3v) is 2.32. The fraction of sp³-hybridized carbons (Fsp3) is 0.364. The lowest BCUT2D eigenvalue weighted by atomic mass is 10.2. The maximum Gasteiger partial charge on any atom is 0.380 e. The van der Waals surface area contributed by atoms with E-state index in [9.17, 15) is 14.7 Å². The van der Waals surface area contributed by atoms with Crippen molar-refractivity contribution in [1.82, 2.24) is 0 Å². The van der Waals surface area contributed by atoms with E-state index in [1.54, 1.807) is 30.6 Å². The van der Waals surface area contributed by atoms with Gasteiger partial charge in [-0.05, 0) is 6.42 Å². The first kappa shape index (κ1) is 13.4. The fourth-order valence-corrected chi connectivity index (χ4v) is 1.40. The van der Waals surface area contributed by atoms with Crippen LogP contribution in [-0.2, 0) is 9.59 Å². The Morgan fingerprint density at radius 1 is 1.29 bits per heavy atom. The standard InChI is InChI=1S/C11H12ClNO4/c12-9(8-10(14)15)4-5-11(16)17-13-6-2-1-3-7-13/h1-3,6-7,9H,4-5,8H2. The zero-order chi connectivity index (χ0) is 12.7. The number of aromatic nitrogens is 1. The molecule has 17 heavy (non-hydrogen) atoms. The van der Waals surface area contributed by atoms with Gasteiger partial charge in [0.1, 0.15) is 0 Å². The topological polar surface area (TPSA) is 70.3 Å². The lowest BCUT2D eigenvalue weighted by Crippen LogP contribution is -2.45. The molecule has 0 aliphatic rings. The van der Waals surface area contributed by atoms with Crippen molar-refractivity contribution < 1.29 is 24.3 Å². The Morgan fingerprint density at radius 2 is 1.94 bits per heavy atom. The number of halogens is 1. The smallest absolute Gasteiger partial charge is 0.380 e. The molecular formula is C11H12ClNO4. The molecule has 1 unspecified atom stereocenters. The molecular weight excluding hydrogens is 246 g/mol. The summed E-state index contributed by atoms with van der Waals surface area (Å²) in [6, 6.07) is 5.22. The van der Waals surface area contributed by atoms with Crippen molar-refractivity contribution in [3.05, 3.63) is 30.6 Å². The van der Waals surface area contributed by atoms with Crippen molar-refractivity contribution in [1.29, 1.82) is 0 Å². The number of hydrogen-bond donors (Lipinski definition) is 0. The zero-order valence-electron chi connectivity index (χ0n) is 9.04. The molecule has 0 amide bonds. The number of aliphatic carboxylic acids is 1. The van der Waals surface area contributed by atoms with E-state index in [1.165, 1.54) is 4.73 Å². The highest BCUT2D eigenvalue weighted by Gasteiger charge is 2.13. The molecule has 0 aliphatic carbocycles. The van der Waals surface area contributed by atoms with Crippen molar-refractivity contribution in [2.24, 2.45) is 0 Å². The third kappa shape index (κ3) is 5.87. The fourth-order valence-electron chi connectivity index (χ4n) is 1.16. The molecule has 0 saturated carbocycles. The second-order valence-electron chi connectivity index (χ2n) is 3.41. The number of carboxylic acids is 1. The van der Waals surface area contributed by atoms with E-state index in [0.717, 1.165) is 0 Å². The van der Waals surface area contributed by atoms with Crippen molar-refractivity contribution in [2.45, 2.75) is 24.6 Å². The van der Waals surface area contributed by atoms with Gasteiger partial charge in [0.15, 0.2) is 0 Å². The molecule has 0 radical (unpaired) electrons. The highest BCUT2D eigenvalue weighted by Crippen LogP contribution is 2.08. The first-order chi connectivity index (χ1) is 8.08. The number of carboxylic acid groups (broad SMARTS) is 1. The summed E-state index contributed by atoms with van der Waals surface area (Å²) in [6.45, 7) is 0. The number of carbonyl (C=O) groups excluding carboxylic acids is 2. The van der Waals surface area contributed by atoms with Crippen LogP contribution < -0.4 is 14.7 Å². The van der Waals surface area contributed by atoms with E-state index < -0.39 is 17.3 Å². The van der Waals surface area contributed by atoms with Gasteiger partial charge >= 0.3 is 5.97 Å². The SMILES string of the molecule is O=C([O-])CC(Cl)CCC(=O)O[n+]1ccccc1. The van der Waals surface area contributed by atoms with Crippen molar-refractivity contribution in [3.8, 4) is 0 Å². The molecule has 1 rings (SSSR count). The van der Waals surface area contributed by atoms with Gasteiger partial charge in [0.25, 0.3) is 0 Å². The zero-order valence-corrected chi connectivity index (χ0v) is 9.80. The summed E-state index contributed by atoms with van der Waals surface area (Å²) >= 11 is 5.69. The van der Waals surface area contributed by atoms with Crippen LogP contribution in [0.25, 0.3) is 0 Å². The molecule has 0 fully saturated rings. The van der Waals surface area contributed by atoms with E-state index in [4.69, 9.17) is 16.4 Å². The van der Waals surface area contributed by atoms with Crippen LogP contribution in [0.4, 0.5) is 0 Å². The minimum Gasteiger partial charge on any atom is -0.550 e. The Hall–Kier alpha value is -1.62. The summed E-state index contributed by atoms with van der Waals surface area (Å²) in [7, 11) is 0. The first-order valence-electron chi connectivity index (χ1n) is 5.09. The normalized spacial score (nSPS) is 11.8. The Kier molecular flexibility index (Phi) is 5.42. The van der Waals surface area contributed by atoms with Crippen molar-refractivity contribution in [2.75, 3.05) is 0 Å². The van der Waals surface area contributed by atoms with Crippen molar-refractivity contribution in [3.63, 3.8) is 0 Å². The average molecular weight is 258 g/mol. The third-order valence-electron chi connectivity index (χ3n) is 1.95. The number of alkyl halides is 1. The van der Waals surface area contributed by atoms with E-state index in [-0.39, 0.29) is 19.3 Å². The van der Waals surface area contributed by atoms with E-state index in [1.807, 2.05) is 0 Å². The molecule has 1 atom stereocenters. The summed E-state index contributed by atoms with van der Waals surface area (Å²) in [5, 5.41) is 9.61. The van der Waals surface area contributed by atoms with Crippen LogP contribution in [0.2, 0.25) is 0 Å². The van der Waals surface area contributed by atoms with Gasteiger partial charge in [-0.2, -0.15) is 4.84 Å². The molecule has 6 heteroatoms. The summed E-state index contributed by atoms with van der Waals surface area (Å²) in [6.07, 6.45) is 3.19. The number of rotatable bonds is 6. The van der Waals surface area contributed by atoms with E-state index in [2.05, 4.69) is 0 Å². The maximum atomic E-state index is 11.3. The first-order valence-corrected chi connectivity index (χ1v) is 5.53. The maximum absolute atomic E-state index is 11.3. The van der Waals surface area contributed by atoms with Gasteiger partial charge in [0, 0.05) is 34.6 Å². The van der Waals surface area contributed by atoms with Gasteiger partial charge in [-0.3, -0.25) is 0 Å². The summed E-state index contributed by atoms with van der Waals surface area (Å²) in [4.78, 5) is 26.5. The predicted molar refractivity (Wildman–Crippen MR) is 56.7 cm³/mol. The largest absolute Gasteiger partial charge is 0.550 e. The van der Waals surface area contributed by atoms with Crippen LogP contribution in [0.5, 0.6) is 0 Å². The minimum absolute atomic E-state index is 0.0589. The Morgan fingerprint density at radius 3 is 2.53 bits per heavy atom. The van der Waals surface area contributed by atoms with Crippen LogP contribution >= 0.6 is 11.6 Å². The number of pyridine rings is 1. The van der Waals surface area contributed by atoms with Gasteiger partial charge in [-0.1, -0.05) is 6.07 Å². The predicted octanol–water partition coefficient (Wildman–Crippen LogP) is -0.543. The van der Waals surface area contributed by atoms with Crippen LogP contribution in [0.15, 0.2) is 30.6 Å². The second-order valence-corrected chi connectivity index (χ2v) is 4.03. The lowest BCUT2D eigenvalue weighted by molar-refractivity contribution is -0.869. The van der Waals surface area contributed by atoms with Gasteiger partial charge in [0.05, 0.1) is 6.42 Å². The average Bonchev–Trinajstić information content (AvgIpc) is 2.27. The molecule has 0 spiro atoms. The highest BCUT2D eigenvalue weighted by atomic mass is 35.5. The molecule has 1 aromatic rings. The number of carbonyl (C=O) groups is 2. The molecule has 0 aliphatic heterocycles. The minimum atomic E-state index is -1.23. The van der Waals surface area contributed by atoms with Crippen LogP contribution in [-0.4, -0.2) is 17.3 Å². The molecule has 5 nitrogen and oxygen atoms in total. The van der Waals surface area contributed by atoms with Crippen molar-refractivity contribution >= 4 is 23.5 Å². The second kappa shape index (κ2) is 6.85. The Labute approximate surface area is 104 Å². The van der Waals surface area contributed by atoms with E-state index in [0.29, 0.717) is 0 Å². The van der Waals surface area contributed by atoms with Crippen LogP contribution in [0.3, 0.4) is 0 Å². The monoisotopic (exact) mass is 257 g/mol. The van der Waals surface area contributed by atoms with Gasteiger partial charge in [0.2, 0.25) is 12.4 Å². The summed E-state index contributed by atoms with van der Waals surface area (Å²) in [5.41, 5.74) is 0. The van der Waals surface area contributed by atoms with Crippen LogP contribution in [0, 0.1) is 0 Å². The van der Waals surface area contributed by atoms with Gasteiger partial charge in [-0.15, -0.1) is 11.6 Å². The molecule has 92 valence electrons. The molecule has 1 heterocycles. The van der Waals surface area contributed by atoms with E-state index >= 15 is 0 Å². The molecule has 0 bridgehead atoms.